The number of nitrogens with zero attached hydrogens (tertiary/aromatic N) is 2. The number of carbonyl (C=O) groups excluding carboxylic acids is 2. The molecule has 1 aromatic heterocycles. The Morgan fingerprint density at radius 2 is 1.96 bits per heavy atom. The molecule has 1 aliphatic heterocycles. The summed E-state index contributed by atoms with van der Waals surface area (Å²) in [4.78, 5) is 31.1. The summed E-state index contributed by atoms with van der Waals surface area (Å²) in [6, 6.07) is 2.80. The zero-order chi connectivity index (χ0) is 18.1. The Labute approximate surface area is 156 Å². The highest BCUT2D eigenvalue weighted by atomic mass is 32.1. The molecule has 0 spiro atoms. The molecule has 1 aromatic rings. The van der Waals surface area contributed by atoms with Gasteiger partial charge in [-0.15, -0.1) is 0 Å². The molecule has 2 rings (SSSR count). The molecule has 1 fully saturated rings. The van der Waals surface area contributed by atoms with Crippen LogP contribution < -0.4 is 5.32 Å². The van der Waals surface area contributed by atoms with Crippen molar-refractivity contribution in [3.8, 4) is 0 Å². The van der Waals surface area contributed by atoms with Crippen LogP contribution in [0.4, 0.5) is 0 Å². The van der Waals surface area contributed by atoms with E-state index in [9.17, 15) is 9.59 Å². The molecule has 5 nitrogen and oxygen atoms in total. The van der Waals surface area contributed by atoms with Gasteiger partial charge in [0.05, 0.1) is 0 Å². The van der Waals surface area contributed by atoms with Gasteiger partial charge in [0.1, 0.15) is 12.1 Å². The van der Waals surface area contributed by atoms with Crippen LogP contribution in [0.3, 0.4) is 0 Å². The van der Waals surface area contributed by atoms with Crippen LogP contribution in [-0.2, 0) is 16.0 Å². The Kier molecular flexibility index (Phi) is 8.25. The van der Waals surface area contributed by atoms with Crippen LogP contribution in [0.1, 0.15) is 51.0 Å². The lowest BCUT2D eigenvalue weighted by molar-refractivity contribution is -0.148. The third-order valence-electron chi connectivity index (χ3n) is 4.66. The lowest BCUT2D eigenvalue weighted by Gasteiger charge is -2.38. The second-order valence-corrected chi connectivity index (χ2v) is 6.99. The van der Waals surface area contributed by atoms with E-state index in [1.54, 1.807) is 17.3 Å². The van der Waals surface area contributed by atoms with Gasteiger partial charge in [0.25, 0.3) is 0 Å². The Morgan fingerprint density at radius 1 is 1.20 bits per heavy atom. The average Bonchev–Trinajstić information content (AvgIpc) is 2.62. The lowest BCUT2D eigenvalue weighted by atomic mass is 10.0. The number of nitrogens with one attached hydrogen (secondary N) is 1. The number of hydrogen-bond acceptors (Lipinski definition) is 4. The van der Waals surface area contributed by atoms with E-state index in [4.69, 9.17) is 0 Å². The summed E-state index contributed by atoms with van der Waals surface area (Å²) in [5, 5.41) is 2.86. The van der Waals surface area contributed by atoms with E-state index in [-0.39, 0.29) is 11.8 Å². The number of rotatable bonds is 10. The molecule has 2 heterocycles. The third-order valence-corrected chi connectivity index (χ3v) is 5.01. The molecule has 0 radical (unpaired) electrons. The molecule has 0 bridgehead atoms. The summed E-state index contributed by atoms with van der Waals surface area (Å²) in [5.41, 5.74) is 0.949. The lowest BCUT2D eigenvalue weighted by Crippen LogP contribution is -2.64. The quantitative estimate of drug-likeness (QED) is 0.496. The Balaban J connectivity index is 1.94. The minimum Gasteiger partial charge on any atom is -0.342 e. The molecule has 2 amide bonds. The van der Waals surface area contributed by atoms with Gasteiger partial charge in [-0.25, -0.2) is 0 Å². The van der Waals surface area contributed by atoms with Crippen molar-refractivity contribution < 1.29 is 9.59 Å². The van der Waals surface area contributed by atoms with Crippen molar-refractivity contribution in [1.29, 1.82) is 0 Å². The van der Waals surface area contributed by atoms with Gasteiger partial charge < -0.3 is 10.2 Å². The average molecular weight is 364 g/mol. The van der Waals surface area contributed by atoms with Gasteiger partial charge in [-0.3, -0.25) is 14.6 Å². The SMILES string of the molecule is CCCCCCCCN1C(=O)[C@H](Cc2cccnc2)NC(=O)[C@H]1CS. The van der Waals surface area contributed by atoms with Gasteiger partial charge in [0, 0.05) is 31.1 Å². The molecule has 0 unspecified atom stereocenters. The maximum Gasteiger partial charge on any atom is 0.246 e. The van der Waals surface area contributed by atoms with Gasteiger partial charge in [-0.2, -0.15) is 12.6 Å². The Hall–Kier alpha value is -1.56. The third kappa shape index (κ3) is 5.73. The maximum atomic E-state index is 12.9. The second-order valence-electron chi connectivity index (χ2n) is 6.62. The van der Waals surface area contributed by atoms with Crippen molar-refractivity contribution in [2.75, 3.05) is 12.3 Å². The van der Waals surface area contributed by atoms with Gasteiger partial charge in [0.2, 0.25) is 11.8 Å². The van der Waals surface area contributed by atoms with E-state index in [0.29, 0.717) is 18.7 Å². The van der Waals surface area contributed by atoms with Crippen molar-refractivity contribution in [2.24, 2.45) is 0 Å². The minimum atomic E-state index is -0.507. The smallest absolute Gasteiger partial charge is 0.246 e. The highest BCUT2D eigenvalue weighted by molar-refractivity contribution is 7.80. The normalized spacial score (nSPS) is 20.6. The van der Waals surface area contributed by atoms with E-state index in [2.05, 4.69) is 29.9 Å². The number of unbranched alkanes of at least 4 members (excludes halogenated alkanes) is 5. The Bertz CT molecular complexity index is 553. The molecular weight excluding hydrogens is 334 g/mol. The standard InChI is InChI=1S/C19H29N3O2S/c1-2-3-4-5-6-7-11-22-17(14-25)18(23)21-16(19(22)24)12-15-9-8-10-20-13-15/h8-10,13,16-17,25H,2-7,11-12,14H2,1H3,(H,21,23)/t16-,17+/m0/s1. The van der Waals surface area contributed by atoms with Crippen molar-refractivity contribution in [3.63, 3.8) is 0 Å². The predicted octanol–water partition coefficient (Wildman–Crippen LogP) is 2.61. The van der Waals surface area contributed by atoms with Gasteiger partial charge in [-0.05, 0) is 18.1 Å². The van der Waals surface area contributed by atoms with Crippen LogP contribution in [0.25, 0.3) is 0 Å². The highest BCUT2D eigenvalue weighted by Crippen LogP contribution is 2.16. The Morgan fingerprint density at radius 3 is 2.64 bits per heavy atom. The molecule has 0 aliphatic carbocycles. The van der Waals surface area contributed by atoms with E-state index in [1.807, 2.05) is 12.1 Å². The number of thiol groups is 1. The molecule has 1 aliphatic rings. The zero-order valence-electron chi connectivity index (χ0n) is 15.0. The van der Waals surface area contributed by atoms with Crippen LogP contribution >= 0.6 is 12.6 Å². The van der Waals surface area contributed by atoms with Crippen molar-refractivity contribution in [2.45, 2.75) is 64.0 Å². The van der Waals surface area contributed by atoms with E-state index < -0.39 is 12.1 Å². The van der Waals surface area contributed by atoms with E-state index >= 15 is 0 Å². The van der Waals surface area contributed by atoms with Gasteiger partial charge in [0.15, 0.2) is 0 Å². The number of amides is 2. The molecule has 6 heteroatoms. The van der Waals surface area contributed by atoms with Crippen LogP contribution in [0.5, 0.6) is 0 Å². The van der Waals surface area contributed by atoms with Crippen LogP contribution in [-0.4, -0.2) is 46.1 Å². The van der Waals surface area contributed by atoms with Crippen molar-refractivity contribution >= 4 is 24.4 Å². The summed E-state index contributed by atoms with van der Waals surface area (Å²) in [6.45, 7) is 2.83. The summed E-state index contributed by atoms with van der Waals surface area (Å²) < 4.78 is 0. The molecule has 1 saturated heterocycles. The number of pyridine rings is 1. The van der Waals surface area contributed by atoms with Crippen LogP contribution in [0.15, 0.2) is 24.5 Å². The monoisotopic (exact) mass is 363 g/mol. The molecule has 0 aromatic carbocycles. The fraction of sp³-hybridized carbons (Fsp3) is 0.632. The second kappa shape index (κ2) is 10.4. The fourth-order valence-electron chi connectivity index (χ4n) is 3.23. The van der Waals surface area contributed by atoms with Crippen molar-refractivity contribution in [1.82, 2.24) is 15.2 Å². The topological polar surface area (TPSA) is 62.3 Å². The fourth-order valence-corrected chi connectivity index (χ4v) is 3.59. The number of carbonyl (C=O) groups is 2. The molecule has 0 saturated carbocycles. The molecule has 25 heavy (non-hydrogen) atoms. The van der Waals surface area contributed by atoms with Gasteiger partial charge >= 0.3 is 0 Å². The van der Waals surface area contributed by atoms with Crippen LogP contribution in [0.2, 0.25) is 0 Å². The number of aromatic nitrogens is 1. The predicted molar refractivity (Wildman–Crippen MR) is 103 cm³/mol. The van der Waals surface area contributed by atoms with Crippen molar-refractivity contribution in [3.05, 3.63) is 30.1 Å². The van der Waals surface area contributed by atoms with Crippen LogP contribution in [0, 0.1) is 0 Å². The molecule has 2 atom stereocenters. The summed E-state index contributed by atoms with van der Waals surface area (Å²) in [6.07, 6.45) is 10.9. The largest absolute Gasteiger partial charge is 0.342 e. The first-order valence-electron chi connectivity index (χ1n) is 9.28. The molecule has 1 N–H and O–H groups in total. The first kappa shape index (κ1) is 19.8. The van der Waals surface area contributed by atoms with E-state index in [1.165, 1.54) is 25.7 Å². The minimum absolute atomic E-state index is 0.00365. The van der Waals surface area contributed by atoms with Gasteiger partial charge in [-0.1, -0.05) is 45.1 Å². The summed E-state index contributed by atoms with van der Waals surface area (Å²) in [7, 11) is 0. The number of hydrogen-bond donors (Lipinski definition) is 2. The maximum absolute atomic E-state index is 12.9. The zero-order valence-corrected chi connectivity index (χ0v) is 15.9. The molecular formula is C19H29N3O2S. The first-order chi connectivity index (χ1) is 12.2. The summed E-state index contributed by atoms with van der Waals surface area (Å²) >= 11 is 4.28. The number of piperazine rings is 1. The highest BCUT2D eigenvalue weighted by Gasteiger charge is 2.39. The summed E-state index contributed by atoms with van der Waals surface area (Å²) in [5.74, 6) is 0.248. The first-order valence-corrected chi connectivity index (χ1v) is 9.91. The van der Waals surface area contributed by atoms with E-state index in [0.717, 1.165) is 18.4 Å². The molecule has 138 valence electrons.